The van der Waals surface area contributed by atoms with Crippen LogP contribution < -0.4 is 0 Å². The lowest BCUT2D eigenvalue weighted by Gasteiger charge is -2.45. The van der Waals surface area contributed by atoms with Crippen LogP contribution in [0, 0.1) is 22.7 Å². The zero-order valence-corrected chi connectivity index (χ0v) is 19.8. The predicted octanol–water partition coefficient (Wildman–Crippen LogP) is 7.25. The molecule has 0 aromatic rings. The highest BCUT2D eigenvalue weighted by Gasteiger charge is 2.55. The second-order valence-electron chi connectivity index (χ2n) is 11.1. The van der Waals surface area contributed by atoms with Crippen LogP contribution in [0.25, 0.3) is 0 Å². The third-order valence-electron chi connectivity index (χ3n) is 7.31. The first-order chi connectivity index (χ1) is 11.7. The molecule has 0 aromatic carbocycles. The topological polar surface area (TPSA) is 18.5 Å². The van der Waals surface area contributed by atoms with Crippen LogP contribution in [0.15, 0.2) is 0 Å². The lowest BCUT2D eigenvalue weighted by atomic mass is 9.66. The maximum atomic E-state index is 6.71. The van der Waals surface area contributed by atoms with Gasteiger partial charge in [-0.05, 0) is 64.2 Å². The van der Waals surface area contributed by atoms with Gasteiger partial charge in [-0.3, -0.25) is 0 Å². The van der Waals surface area contributed by atoms with E-state index in [-0.39, 0.29) is 28.1 Å². The normalized spacial score (nSPS) is 29.8. The first kappa shape index (κ1) is 24.0. The van der Waals surface area contributed by atoms with Crippen LogP contribution in [0.4, 0.5) is 0 Å². The summed E-state index contributed by atoms with van der Waals surface area (Å²) in [4.78, 5) is 0. The summed E-state index contributed by atoms with van der Waals surface area (Å²) < 4.78 is 13.4. The molecule has 0 aromatic heterocycles. The summed E-state index contributed by atoms with van der Waals surface area (Å²) in [5.41, 5.74) is 0.133. The van der Waals surface area contributed by atoms with Crippen LogP contribution in [0.1, 0.15) is 108 Å². The quantitative estimate of drug-likeness (QED) is 0.404. The molecule has 4 atom stereocenters. The van der Waals surface area contributed by atoms with Gasteiger partial charge >= 0.3 is 0 Å². The van der Waals surface area contributed by atoms with Crippen LogP contribution >= 0.6 is 0 Å². The monoisotopic (exact) mass is 368 g/mol. The van der Waals surface area contributed by atoms with Gasteiger partial charge in [0.05, 0.1) is 23.9 Å². The van der Waals surface area contributed by atoms with Crippen LogP contribution in [0.5, 0.6) is 0 Å². The van der Waals surface area contributed by atoms with Crippen LogP contribution in [-0.2, 0) is 9.47 Å². The molecule has 1 aliphatic rings. The van der Waals surface area contributed by atoms with Gasteiger partial charge in [0.15, 0.2) is 0 Å². The Kier molecular flexibility index (Phi) is 7.85. The molecular weight excluding hydrogens is 320 g/mol. The smallest absolute Gasteiger partial charge is 0.0712 e. The summed E-state index contributed by atoms with van der Waals surface area (Å²) in [5, 5.41) is 0. The van der Waals surface area contributed by atoms with E-state index in [0.29, 0.717) is 11.8 Å². The molecular formula is C24H48O2. The van der Waals surface area contributed by atoms with Crippen molar-refractivity contribution in [3.63, 3.8) is 0 Å². The number of unbranched alkanes of at least 4 members (excludes halogenated alkanes) is 1. The van der Waals surface area contributed by atoms with E-state index >= 15 is 0 Å². The number of hydrogen-bond donors (Lipinski definition) is 0. The Morgan fingerprint density at radius 1 is 1.08 bits per heavy atom. The van der Waals surface area contributed by atoms with Gasteiger partial charge in [-0.25, -0.2) is 0 Å². The zero-order chi connectivity index (χ0) is 20.4. The van der Waals surface area contributed by atoms with Crippen molar-refractivity contribution in [2.75, 3.05) is 6.61 Å². The van der Waals surface area contributed by atoms with Crippen molar-refractivity contribution < 1.29 is 9.47 Å². The van der Waals surface area contributed by atoms with E-state index < -0.39 is 0 Å². The summed E-state index contributed by atoms with van der Waals surface area (Å²) in [6.45, 7) is 26.2. The minimum absolute atomic E-state index is 0.0381. The van der Waals surface area contributed by atoms with Gasteiger partial charge in [0, 0.05) is 5.41 Å². The van der Waals surface area contributed by atoms with Crippen LogP contribution in [-0.4, -0.2) is 23.9 Å². The van der Waals surface area contributed by atoms with Gasteiger partial charge < -0.3 is 9.47 Å². The highest BCUT2D eigenvalue weighted by atomic mass is 16.5. The summed E-state index contributed by atoms with van der Waals surface area (Å²) in [6, 6.07) is 0. The van der Waals surface area contributed by atoms with E-state index in [0.717, 1.165) is 19.4 Å². The van der Waals surface area contributed by atoms with Crippen molar-refractivity contribution in [3.8, 4) is 0 Å². The SMILES string of the molecule is CCCCC(C)(COC(C)(C)C(C)C(C)C)C1OC(C)(C)CC1(C)CC. The molecule has 0 amide bonds. The standard InChI is InChI=1S/C24H48O2/c1-12-14-15-24(11,17-25-22(8,9)19(5)18(3)4)20-23(10,13-2)16-21(6,7)26-20/h18-20H,12-17H2,1-11H3. The van der Waals surface area contributed by atoms with Crippen molar-refractivity contribution >= 4 is 0 Å². The second kappa shape index (κ2) is 8.52. The molecule has 1 heterocycles. The van der Waals surface area contributed by atoms with Crippen LogP contribution in [0.2, 0.25) is 0 Å². The summed E-state index contributed by atoms with van der Waals surface area (Å²) in [5.74, 6) is 1.14. The van der Waals surface area contributed by atoms with Crippen molar-refractivity contribution in [1.29, 1.82) is 0 Å². The van der Waals surface area contributed by atoms with Crippen molar-refractivity contribution in [3.05, 3.63) is 0 Å². The fourth-order valence-corrected chi connectivity index (χ4v) is 5.01. The molecule has 4 unspecified atom stereocenters. The fraction of sp³-hybridized carbons (Fsp3) is 1.00. The molecule has 0 aliphatic carbocycles. The van der Waals surface area contributed by atoms with E-state index in [2.05, 4.69) is 76.2 Å². The molecule has 0 saturated carbocycles. The average Bonchev–Trinajstić information content (AvgIpc) is 2.81. The Balaban J connectivity index is 3.07. The van der Waals surface area contributed by atoms with Crippen LogP contribution in [0.3, 0.4) is 0 Å². The maximum Gasteiger partial charge on any atom is 0.0712 e. The highest BCUT2D eigenvalue weighted by molar-refractivity contribution is 5.03. The molecule has 1 rings (SSSR count). The fourth-order valence-electron chi connectivity index (χ4n) is 5.01. The number of ether oxygens (including phenoxy) is 2. The van der Waals surface area contributed by atoms with Gasteiger partial charge in [0.25, 0.3) is 0 Å². The Hall–Kier alpha value is -0.0800. The molecule has 0 radical (unpaired) electrons. The van der Waals surface area contributed by atoms with Gasteiger partial charge in [-0.15, -0.1) is 0 Å². The molecule has 1 fully saturated rings. The molecule has 156 valence electrons. The summed E-state index contributed by atoms with van der Waals surface area (Å²) >= 11 is 0. The molecule has 1 aliphatic heterocycles. The first-order valence-corrected chi connectivity index (χ1v) is 11.0. The Morgan fingerprint density at radius 3 is 2.12 bits per heavy atom. The zero-order valence-electron chi connectivity index (χ0n) is 19.8. The van der Waals surface area contributed by atoms with Gasteiger partial charge in [0.1, 0.15) is 0 Å². The maximum absolute atomic E-state index is 6.71. The van der Waals surface area contributed by atoms with Crippen molar-refractivity contribution in [2.24, 2.45) is 22.7 Å². The second-order valence-corrected chi connectivity index (χ2v) is 11.1. The van der Waals surface area contributed by atoms with Crippen molar-refractivity contribution in [2.45, 2.75) is 126 Å². The minimum Gasteiger partial charge on any atom is -0.375 e. The Morgan fingerprint density at radius 2 is 1.65 bits per heavy atom. The molecule has 1 saturated heterocycles. The third-order valence-corrected chi connectivity index (χ3v) is 7.31. The summed E-state index contributed by atoms with van der Waals surface area (Å²) in [7, 11) is 0. The molecule has 0 spiro atoms. The largest absolute Gasteiger partial charge is 0.375 e. The molecule has 0 N–H and O–H groups in total. The molecule has 2 nitrogen and oxygen atoms in total. The van der Waals surface area contributed by atoms with E-state index in [1.165, 1.54) is 19.3 Å². The van der Waals surface area contributed by atoms with Crippen molar-refractivity contribution in [1.82, 2.24) is 0 Å². The predicted molar refractivity (Wildman–Crippen MR) is 114 cm³/mol. The van der Waals surface area contributed by atoms with Gasteiger partial charge in [-0.2, -0.15) is 0 Å². The first-order valence-electron chi connectivity index (χ1n) is 11.0. The van der Waals surface area contributed by atoms with E-state index in [1.54, 1.807) is 0 Å². The highest BCUT2D eigenvalue weighted by Crippen LogP contribution is 2.54. The van der Waals surface area contributed by atoms with E-state index in [9.17, 15) is 0 Å². The third kappa shape index (κ3) is 5.47. The Bertz CT molecular complexity index is 439. The number of hydrogen-bond acceptors (Lipinski definition) is 2. The summed E-state index contributed by atoms with van der Waals surface area (Å²) in [6.07, 6.45) is 6.18. The van der Waals surface area contributed by atoms with E-state index in [4.69, 9.17) is 9.47 Å². The number of rotatable bonds is 10. The van der Waals surface area contributed by atoms with Gasteiger partial charge in [0.2, 0.25) is 0 Å². The lowest BCUT2D eigenvalue weighted by molar-refractivity contribution is -0.159. The Labute approximate surface area is 164 Å². The van der Waals surface area contributed by atoms with Gasteiger partial charge in [-0.1, -0.05) is 61.3 Å². The molecule has 26 heavy (non-hydrogen) atoms. The molecule has 0 bridgehead atoms. The minimum atomic E-state index is -0.113. The lowest BCUT2D eigenvalue weighted by Crippen LogP contribution is -2.48. The van der Waals surface area contributed by atoms with E-state index in [1.807, 2.05) is 0 Å². The average molecular weight is 369 g/mol. The molecule has 2 heteroatoms.